The van der Waals surface area contributed by atoms with E-state index >= 15 is 0 Å². The van der Waals surface area contributed by atoms with E-state index in [2.05, 4.69) is 15.5 Å². The van der Waals surface area contributed by atoms with E-state index in [0.29, 0.717) is 11.8 Å². The van der Waals surface area contributed by atoms with Gasteiger partial charge in [0.05, 0.1) is 7.11 Å². The van der Waals surface area contributed by atoms with Crippen LogP contribution in [0, 0.1) is 0 Å². The first-order valence-corrected chi connectivity index (χ1v) is 6.32. The number of nitrogens with zero attached hydrogens (tertiary/aromatic N) is 2. The number of nitrogens with one attached hydrogen (secondary N) is 1. The third-order valence-electron chi connectivity index (χ3n) is 2.33. The molecule has 0 unspecified atom stereocenters. The Morgan fingerprint density at radius 3 is 3.12 bits per heavy atom. The van der Waals surface area contributed by atoms with Crippen molar-refractivity contribution in [3.8, 4) is 16.5 Å². The topological polar surface area (TPSA) is 60.2 Å². The summed E-state index contributed by atoms with van der Waals surface area (Å²) in [7, 11) is 3.56. The molecule has 0 aliphatic heterocycles. The van der Waals surface area contributed by atoms with Crippen molar-refractivity contribution < 1.29 is 9.15 Å². The quantitative estimate of drug-likeness (QED) is 0.797. The smallest absolute Gasteiger partial charge is 0.261 e. The molecule has 6 heteroatoms. The summed E-state index contributed by atoms with van der Waals surface area (Å²) in [6.07, 6.45) is 1.78. The van der Waals surface area contributed by atoms with Gasteiger partial charge in [-0.25, -0.2) is 0 Å². The number of ether oxygens (including phenoxy) is 1. The molecule has 2 aromatic rings. The number of hydrogen-bond donors (Lipinski definition) is 1. The fourth-order valence-electron chi connectivity index (χ4n) is 1.48. The minimum Gasteiger partial charge on any atom is -0.495 e. The van der Waals surface area contributed by atoms with Gasteiger partial charge < -0.3 is 14.5 Å². The Labute approximate surface area is 104 Å². The maximum Gasteiger partial charge on any atom is 0.261 e. The maximum absolute atomic E-state index is 5.60. The second-order valence-electron chi connectivity index (χ2n) is 3.53. The molecule has 1 N–H and O–H groups in total. The molecule has 0 aliphatic carbocycles. The van der Waals surface area contributed by atoms with E-state index in [4.69, 9.17) is 9.15 Å². The van der Waals surface area contributed by atoms with Gasteiger partial charge in [0.15, 0.2) is 0 Å². The highest BCUT2D eigenvalue weighted by Gasteiger charge is 2.14. The molecular formula is C11H15N3O2S. The minimum atomic E-state index is 0.538. The Morgan fingerprint density at radius 1 is 1.47 bits per heavy atom. The summed E-state index contributed by atoms with van der Waals surface area (Å²) in [6.45, 7) is 0.944. The van der Waals surface area contributed by atoms with Gasteiger partial charge in [0.1, 0.15) is 10.6 Å². The Morgan fingerprint density at radius 2 is 2.35 bits per heavy atom. The van der Waals surface area contributed by atoms with Gasteiger partial charge in [-0.05, 0) is 31.5 Å². The highest BCUT2D eigenvalue weighted by molar-refractivity contribution is 7.13. The predicted octanol–water partition coefficient (Wildman–Crippen LogP) is 1.96. The molecule has 2 aromatic heterocycles. The van der Waals surface area contributed by atoms with Crippen LogP contribution >= 0.6 is 11.3 Å². The van der Waals surface area contributed by atoms with E-state index in [-0.39, 0.29) is 0 Å². The second kappa shape index (κ2) is 5.79. The van der Waals surface area contributed by atoms with Crippen LogP contribution in [0.25, 0.3) is 10.8 Å². The summed E-state index contributed by atoms with van der Waals surface area (Å²) in [6, 6.07) is 1.89. The fraction of sp³-hybridized carbons (Fsp3) is 0.455. The number of methoxy groups -OCH3 is 1. The highest BCUT2D eigenvalue weighted by Crippen LogP contribution is 2.34. The molecule has 92 valence electrons. The number of aryl methyl sites for hydroxylation is 1. The largest absolute Gasteiger partial charge is 0.495 e. The predicted molar refractivity (Wildman–Crippen MR) is 66.4 cm³/mol. The monoisotopic (exact) mass is 253 g/mol. The van der Waals surface area contributed by atoms with Crippen molar-refractivity contribution in [3.63, 3.8) is 0 Å². The summed E-state index contributed by atoms with van der Waals surface area (Å²) < 4.78 is 10.8. The van der Waals surface area contributed by atoms with E-state index in [9.17, 15) is 0 Å². The molecule has 0 saturated carbocycles. The van der Waals surface area contributed by atoms with Gasteiger partial charge in [-0.3, -0.25) is 0 Å². The molecule has 2 heterocycles. The summed E-state index contributed by atoms with van der Waals surface area (Å²) in [4.78, 5) is 0.889. The molecule has 0 bridgehead atoms. The molecule has 0 aliphatic rings. The van der Waals surface area contributed by atoms with Gasteiger partial charge in [0, 0.05) is 6.42 Å². The first-order chi connectivity index (χ1) is 8.35. The molecular weight excluding hydrogens is 238 g/mol. The van der Waals surface area contributed by atoms with Crippen molar-refractivity contribution >= 4 is 11.3 Å². The van der Waals surface area contributed by atoms with Crippen LogP contribution in [0.5, 0.6) is 5.75 Å². The van der Waals surface area contributed by atoms with Gasteiger partial charge in [-0.2, -0.15) is 0 Å². The first kappa shape index (κ1) is 12.1. The second-order valence-corrected chi connectivity index (χ2v) is 4.44. The van der Waals surface area contributed by atoms with Crippen molar-refractivity contribution in [2.75, 3.05) is 20.7 Å². The lowest BCUT2D eigenvalue weighted by molar-refractivity contribution is 0.415. The number of hydrogen-bond acceptors (Lipinski definition) is 6. The van der Waals surface area contributed by atoms with Gasteiger partial charge in [0.2, 0.25) is 5.89 Å². The minimum absolute atomic E-state index is 0.538. The van der Waals surface area contributed by atoms with Gasteiger partial charge in [-0.15, -0.1) is 21.5 Å². The van der Waals surface area contributed by atoms with Gasteiger partial charge in [-0.1, -0.05) is 0 Å². The fourth-order valence-corrected chi connectivity index (χ4v) is 2.26. The Kier molecular flexibility index (Phi) is 4.11. The van der Waals surface area contributed by atoms with Crippen LogP contribution in [0.15, 0.2) is 15.9 Å². The van der Waals surface area contributed by atoms with E-state index < -0.39 is 0 Å². The van der Waals surface area contributed by atoms with Crippen molar-refractivity contribution in [1.29, 1.82) is 0 Å². The zero-order valence-corrected chi connectivity index (χ0v) is 10.7. The molecule has 5 nitrogen and oxygen atoms in total. The van der Waals surface area contributed by atoms with Gasteiger partial charge >= 0.3 is 0 Å². The maximum atomic E-state index is 5.60. The Balaban J connectivity index is 2.07. The summed E-state index contributed by atoms with van der Waals surface area (Å²) in [5.41, 5.74) is 0. The van der Waals surface area contributed by atoms with E-state index in [0.717, 1.165) is 30.0 Å². The van der Waals surface area contributed by atoms with Crippen molar-refractivity contribution in [3.05, 3.63) is 17.3 Å². The molecule has 0 radical (unpaired) electrons. The number of aromatic nitrogens is 2. The zero-order chi connectivity index (χ0) is 12.1. The third-order valence-corrected chi connectivity index (χ3v) is 3.21. The standard InChI is InChI=1S/C11H15N3O2S/c1-12-6-3-4-9-13-14-11(16-9)10-8(15-2)5-7-17-10/h5,7,12H,3-4,6H2,1-2H3. The normalized spacial score (nSPS) is 10.7. The van der Waals surface area contributed by atoms with Crippen molar-refractivity contribution in [2.45, 2.75) is 12.8 Å². The zero-order valence-electron chi connectivity index (χ0n) is 9.90. The summed E-state index contributed by atoms with van der Waals surface area (Å²) in [5, 5.41) is 13.1. The molecule has 0 fully saturated rings. The molecule has 0 spiro atoms. The molecule has 17 heavy (non-hydrogen) atoms. The van der Waals surface area contributed by atoms with Crippen molar-refractivity contribution in [1.82, 2.24) is 15.5 Å². The van der Waals surface area contributed by atoms with Crippen LogP contribution in [0.3, 0.4) is 0 Å². The SMILES string of the molecule is CNCCCc1nnc(-c2sccc2OC)o1. The summed E-state index contributed by atoms with van der Waals surface area (Å²) in [5.74, 6) is 1.99. The van der Waals surface area contributed by atoms with Crippen LogP contribution in [0.4, 0.5) is 0 Å². The number of thiophene rings is 1. The highest BCUT2D eigenvalue weighted by atomic mass is 32.1. The lowest BCUT2D eigenvalue weighted by Crippen LogP contribution is -2.08. The molecule has 0 aromatic carbocycles. The molecule has 2 rings (SSSR count). The van der Waals surface area contributed by atoms with Crippen LogP contribution in [-0.4, -0.2) is 30.9 Å². The van der Waals surface area contributed by atoms with Crippen LogP contribution in [0.1, 0.15) is 12.3 Å². The third kappa shape index (κ3) is 2.83. The first-order valence-electron chi connectivity index (χ1n) is 5.44. The lowest BCUT2D eigenvalue weighted by Gasteiger charge is -1.97. The van der Waals surface area contributed by atoms with E-state index in [1.54, 1.807) is 7.11 Å². The summed E-state index contributed by atoms with van der Waals surface area (Å²) >= 11 is 1.54. The van der Waals surface area contributed by atoms with Crippen LogP contribution in [-0.2, 0) is 6.42 Å². The molecule has 0 saturated heterocycles. The van der Waals surface area contributed by atoms with Crippen LogP contribution in [0.2, 0.25) is 0 Å². The van der Waals surface area contributed by atoms with E-state index in [1.807, 2.05) is 18.5 Å². The lowest BCUT2D eigenvalue weighted by atomic mass is 10.3. The van der Waals surface area contributed by atoms with Crippen LogP contribution < -0.4 is 10.1 Å². The average molecular weight is 253 g/mol. The Bertz CT molecular complexity index is 467. The molecule has 0 amide bonds. The average Bonchev–Trinajstić information content (AvgIpc) is 2.96. The van der Waals surface area contributed by atoms with Gasteiger partial charge in [0.25, 0.3) is 5.89 Å². The molecule has 0 atom stereocenters. The van der Waals surface area contributed by atoms with E-state index in [1.165, 1.54) is 11.3 Å². The number of rotatable bonds is 6. The van der Waals surface area contributed by atoms with Crippen molar-refractivity contribution in [2.24, 2.45) is 0 Å². The Hall–Kier alpha value is -1.40.